The Morgan fingerprint density at radius 3 is 2.60 bits per heavy atom. The van der Waals surface area contributed by atoms with E-state index in [1.165, 1.54) is 0 Å². The molecule has 1 fully saturated rings. The summed E-state index contributed by atoms with van der Waals surface area (Å²) in [6, 6.07) is 0. The number of hydrogen-bond acceptors (Lipinski definition) is 3. The second-order valence-corrected chi connectivity index (χ2v) is 3.86. The smallest absolute Gasteiger partial charge is 0.107 e. The zero-order chi connectivity index (χ0) is 11.1. The van der Waals surface area contributed by atoms with Crippen molar-refractivity contribution in [1.29, 1.82) is 0 Å². The summed E-state index contributed by atoms with van der Waals surface area (Å²) in [6.45, 7) is 4.02. The van der Waals surface area contributed by atoms with Crippen molar-refractivity contribution in [3.63, 3.8) is 0 Å². The van der Waals surface area contributed by atoms with Crippen LogP contribution in [0.1, 0.15) is 19.3 Å². The van der Waals surface area contributed by atoms with Gasteiger partial charge in [-0.25, -0.2) is 0 Å². The summed E-state index contributed by atoms with van der Waals surface area (Å²) < 4.78 is 5.24. The third-order valence-corrected chi connectivity index (χ3v) is 2.73. The lowest BCUT2D eigenvalue weighted by atomic mass is 9.97. The Morgan fingerprint density at radius 1 is 1.27 bits per heavy atom. The van der Waals surface area contributed by atoms with E-state index in [0.29, 0.717) is 5.92 Å². The highest BCUT2D eigenvalue weighted by molar-refractivity contribution is 4.92. The fourth-order valence-electron chi connectivity index (χ4n) is 1.65. The van der Waals surface area contributed by atoms with E-state index in [9.17, 15) is 0 Å². The molecule has 1 aliphatic heterocycles. The average molecular weight is 212 g/mol. The first-order valence-corrected chi connectivity index (χ1v) is 5.46. The molecule has 1 heterocycles. The predicted octanol–water partition coefficient (Wildman–Crippen LogP) is 1.27. The summed E-state index contributed by atoms with van der Waals surface area (Å²) in [4.78, 5) is 0. The minimum absolute atomic E-state index is 0.0726. The first-order valence-electron chi connectivity index (χ1n) is 5.46. The van der Waals surface area contributed by atoms with Gasteiger partial charge in [-0.1, -0.05) is 18.2 Å². The molecule has 1 rings (SSSR count). The Morgan fingerprint density at radius 2 is 2.07 bits per heavy atom. The second kappa shape index (κ2) is 6.77. The molecule has 0 aromatic heterocycles. The van der Waals surface area contributed by atoms with Crippen molar-refractivity contribution in [2.24, 2.45) is 5.92 Å². The highest BCUT2D eigenvalue weighted by Gasteiger charge is 2.37. The topological polar surface area (TPSA) is 53.0 Å². The quantitative estimate of drug-likeness (QED) is 0.470. The van der Waals surface area contributed by atoms with E-state index in [2.05, 4.69) is 6.58 Å². The van der Waals surface area contributed by atoms with Crippen LogP contribution in [0.25, 0.3) is 0 Å². The van der Waals surface area contributed by atoms with Gasteiger partial charge in [0, 0.05) is 0 Å². The number of hydrogen-bond donors (Lipinski definition) is 2. The summed E-state index contributed by atoms with van der Waals surface area (Å²) >= 11 is 0. The molecule has 3 nitrogen and oxygen atoms in total. The number of rotatable bonds is 8. The predicted molar refractivity (Wildman–Crippen MR) is 59.5 cm³/mol. The summed E-state index contributed by atoms with van der Waals surface area (Å²) in [5.41, 5.74) is 0. The van der Waals surface area contributed by atoms with E-state index >= 15 is 0 Å². The zero-order valence-electron chi connectivity index (χ0n) is 9.01. The van der Waals surface area contributed by atoms with Crippen molar-refractivity contribution in [3.8, 4) is 0 Å². The molecule has 3 heteroatoms. The zero-order valence-corrected chi connectivity index (χ0v) is 9.01. The van der Waals surface area contributed by atoms with Crippen molar-refractivity contribution < 1.29 is 14.9 Å². The molecule has 3 unspecified atom stereocenters. The van der Waals surface area contributed by atoms with Crippen LogP contribution in [-0.4, -0.2) is 35.6 Å². The van der Waals surface area contributed by atoms with Crippen molar-refractivity contribution >= 4 is 0 Å². The van der Waals surface area contributed by atoms with Crippen LogP contribution in [-0.2, 0) is 4.74 Å². The van der Waals surface area contributed by atoms with Crippen LogP contribution < -0.4 is 0 Å². The molecule has 0 spiro atoms. The van der Waals surface area contributed by atoms with Crippen LogP contribution in [0.15, 0.2) is 24.8 Å². The van der Waals surface area contributed by atoms with Crippen molar-refractivity contribution in [1.82, 2.24) is 0 Å². The van der Waals surface area contributed by atoms with Crippen molar-refractivity contribution in [2.75, 3.05) is 13.2 Å². The lowest BCUT2D eigenvalue weighted by Crippen LogP contribution is -2.02. The molecule has 0 bridgehead atoms. The average Bonchev–Trinajstić information content (AvgIpc) is 3.02. The van der Waals surface area contributed by atoms with Crippen LogP contribution in [0.3, 0.4) is 0 Å². The van der Waals surface area contributed by atoms with Gasteiger partial charge in [0.25, 0.3) is 0 Å². The minimum atomic E-state index is 0.0726. The largest absolute Gasteiger partial charge is 0.394 e. The Labute approximate surface area is 91.1 Å². The number of allylic oxidation sites excluding steroid dienone is 2. The summed E-state index contributed by atoms with van der Waals surface area (Å²) in [7, 11) is 0. The fourth-order valence-corrected chi connectivity index (χ4v) is 1.65. The van der Waals surface area contributed by atoms with E-state index in [1.54, 1.807) is 6.08 Å². The molecule has 2 N–H and O–H groups in total. The lowest BCUT2D eigenvalue weighted by Gasteiger charge is -2.07. The number of aliphatic hydroxyl groups is 2. The van der Waals surface area contributed by atoms with Gasteiger partial charge in [-0.2, -0.15) is 0 Å². The second-order valence-electron chi connectivity index (χ2n) is 3.86. The lowest BCUT2D eigenvalue weighted by molar-refractivity contribution is 0.241. The molecule has 0 amide bonds. The van der Waals surface area contributed by atoms with E-state index in [1.807, 2.05) is 12.2 Å². The summed E-state index contributed by atoms with van der Waals surface area (Å²) in [5.74, 6) is 0.441. The van der Waals surface area contributed by atoms with Gasteiger partial charge in [-0.15, -0.1) is 6.58 Å². The van der Waals surface area contributed by atoms with Crippen molar-refractivity contribution in [3.05, 3.63) is 24.8 Å². The van der Waals surface area contributed by atoms with Crippen molar-refractivity contribution in [2.45, 2.75) is 31.5 Å². The van der Waals surface area contributed by atoms with E-state index in [-0.39, 0.29) is 25.4 Å². The maximum atomic E-state index is 8.79. The van der Waals surface area contributed by atoms with E-state index < -0.39 is 0 Å². The SMILES string of the molecule is C=CC(C/C=C/CO)CCC1OC1CO. The number of ether oxygens (including phenoxy) is 1. The number of aliphatic hydroxyl groups excluding tert-OH is 2. The maximum absolute atomic E-state index is 8.79. The monoisotopic (exact) mass is 212 g/mol. The third-order valence-electron chi connectivity index (χ3n) is 2.73. The fraction of sp³-hybridized carbons (Fsp3) is 0.667. The highest BCUT2D eigenvalue weighted by atomic mass is 16.6. The van der Waals surface area contributed by atoms with Gasteiger partial charge in [0.2, 0.25) is 0 Å². The van der Waals surface area contributed by atoms with Crippen LogP contribution in [0.2, 0.25) is 0 Å². The van der Waals surface area contributed by atoms with Gasteiger partial charge in [-0.3, -0.25) is 0 Å². The van der Waals surface area contributed by atoms with Gasteiger partial charge in [-0.05, 0) is 25.2 Å². The first-order chi connectivity index (χ1) is 7.31. The Hall–Kier alpha value is -0.640. The normalized spacial score (nSPS) is 26.8. The molecule has 0 aliphatic carbocycles. The number of epoxide rings is 1. The standard InChI is InChI=1S/C12H20O3/c1-2-10(5-3-4-8-13)6-7-11-12(9-14)15-11/h2-4,10-14H,1,5-9H2/b4-3+. The Balaban J connectivity index is 2.11. The molecule has 3 atom stereocenters. The first kappa shape index (κ1) is 12.4. The van der Waals surface area contributed by atoms with E-state index in [4.69, 9.17) is 14.9 Å². The van der Waals surface area contributed by atoms with Gasteiger partial charge < -0.3 is 14.9 Å². The van der Waals surface area contributed by atoms with Crippen LogP contribution in [0.4, 0.5) is 0 Å². The third kappa shape index (κ3) is 4.60. The van der Waals surface area contributed by atoms with Crippen LogP contribution in [0.5, 0.6) is 0 Å². The molecule has 1 saturated heterocycles. The molecule has 0 radical (unpaired) electrons. The minimum Gasteiger partial charge on any atom is -0.394 e. The molecule has 0 saturated carbocycles. The van der Waals surface area contributed by atoms with Gasteiger partial charge >= 0.3 is 0 Å². The van der Waals surface area contributed by atoms with Gasteiger partial charge in [0.05, 0.1) is 19.3 Å². The van der Waals surface area contributed by atoms with Gasteiger partial charge in [0.15, 0.2) is 0 Å². The highest BCUT2D eigenvalue weighted by Crippen LogP contribution is 2.28. The molecular weight excluding hydrogens is 192 g/mol. The van der Waals surface area contributed by atoms with Gasteiger partial charge in [0.1, 0.15) is 6.10 Å². The van der Waals surface area contributed by atoms with Crippen LogP contribution in [0, 0.1) is 5.92 Å². The van der Waals surface area contributed by atoms with Crippen LogP contribution >= 0.6 is 0 Å². The molecule has 0 aromatic carbocycles. The molecule has 86 valence electrons. The molecular formula is C12H20O3. The molecule has 1 aliphatic rings. The summed E-state index contributed by atoms with van der Waals surface area (Å²) in [5, 5.41) is 17.4. The summed E-state index contributed by atoms with van der Waals surface area (Å²) in [6.07, 6.45) is 8.92. The van der Waals surface area contributed by atoms with E-state index in [0.717, 1.165) is 19.3 Å². The molecule has 15 heavy (non-hydrogen) atoms. The Bertz CT molecular complexity index is 213. The maximum Gasteiger partial charge on any atom is 0.107 e. The molecule has 0 aromatic rings. The Kier molecular flexibility index (Phi) is 5.61.